The van der Waals surface area contributed by atoms with Crippen LogP contribution >= 0.6 is 0 Å². The molecular formula is C22H34N2O. The average Bonchev–Trinajstić information content (AvgIpc) is 2.60. The molecule has 0 radical (unpaired) electrons. The first-order valence-corrected chi connectivity index (χ1v) is 9.41. The van der Waals surface area contributed by atoms with Gasteiger partial charge in [-0.25, -0.2) is 0 Å². The molecular weight excluding hydrogens is 308 g/mol. The van der Waals surface area contributed by atoms with Crippen LogP contribution in [-0.4, -0.2) is 20.0 Å². The number of unbranched alkanes of at least 4 members (excludes halogenated alkanes) is 7. The van der Waals surface area contributed by atoms with Crippen LogP contribution in [0.5, 0.6) is 0 Å². The quantitative estimate of drug-likeness (QED) is 0.289. The van der Waals surface area contributed by atoms with Crippen LogP contribution in [0, 0.1) is 0 Å². The van der Waals surface area contributed by atoms with Gasteiger partial charge in [-0.15, -0.1) is 6.58 Å². The van der Waals surface area contributed by atoms with E-state index >= 15 is 0 Å². The van der Waals surface area contributed by atoms with E-state index in [1.165, 1.54) is 32.1 Å². The molecule has 0 aliphatic rings. The molecule has 0 saturated heterocycles. The van der Waals surface area contributed by atoms with E-state index in [0.29, 0.717) is 0 Å². The Bertz CT molecular complexity index is 544. The minimum Gasteiger partial charge on any atom is -0.378 e. The van der Waals surface area contributed by atoms with Crippen LogP contribution < -0.4 is 10.2 Å². The lowest BCUT2D eigenvalue weighted by Gasteiger charge is -2.13. The molecule has 3 heteroatoms. The maximum atomic E-state index is 12.2. The number of anilines is 2. The van der Waals surface area contributed by atoms with E-state index in [0.717, 1.165) is 36.2 Å². The molecule has 0 aliphatic carbocycles. The van der Waals surface area contributed by atoms with Crippen molar-refractivity contribution in [3.05, 3.63) is 48.6 Å². The standard InChI is InChI=1S/C22H34N2O/c1-5-6-7-8-9-10-11-12-13-14-19(2)22(25)23-20-15-17-21(18-16-20)24(3)4/h5,14-18H,1,6-13H2,2-4H3,(H,23,25)/b19-14+. The molecule has 0 spiro atoms. The van der Waals surface area contributed by atoms with Crippen LogP contribution in [0.25, 0.3) is 0 Å². The number of carbonyl (C=O) groups excluding carboxylic acids is 1. The second kappa shape index (κ2) is 12.3. The van der Waals surface area contributed by atoms with Gasteiger partial charge in [0.2, 0.25) is 0 Å². The average molecular weight is 343 g/mol. The van der Waals surface area contributed by atoms with E-state index < -0.39 is 0 Å². The first kappa shape index (κ1) is 21.0. The Kier molecular flexibility index (Phi) is 10.4. The molecule has 1 N–H and O–H groups in total. The van der Waals surface area contributed by atoms with Crippen LogP contribution in [0.2, 0.25) is 0 Å². The summed E-state index contributed by atoms with van der Waals surface area (Å²) >= 11 is 0. The van der Waals surface area contributed by atoms with Crippen molar-refractivity contribution in [3.8, 4) is 0 Å². The van der Waals surface area contributed by atoms with E-state index in [9.17, 15) is 4.79 Å². The molecule has 25 heavy (non-hydrogen) atoms. The Hall–Kier alpha value is -2.03. The van der Waals surface area contributed by atoms with E-state index in [4.69, 9.17) is 0 Å². The van der Waals surface area contributed by atoms with Gasteiger partial charge >= 0.3 is 0 Å². The Labute approximate surface area is 153 Å². The van der Waals surface area contributed by atoms with Crippen LogP contribution in [-0.2, 0) is 4.79 Å². The fourth-order valence-corrected chi connectivity index (χ4v) is 2.62. The first-order valence-electron chi connectivity index (χ1n) is 9.41. The number of hydrogen-bond acceptors (Lipinski definition) is 2. The van der Waals surface area contributed by atoms with Crippen molar-refractivity contribution in [2.75, 3.05) is 24.3 Å². The molecule has 0 saturated carbocycles. The zero-order valence-electron chi connectivity index (χ0n) is 16.2. The first-order chi connectivity index (χ1) is 12.0. The Morgan fingerprint density at radius 3 is 2.12 bits per heavy atom. The van der Waals surface area contributed by atoms with E-state index in [1.54, 1.807) is 0 Å². The minimum absolute atomic E-state index is 0.0120. The number of nitrogens with zero attached hydrogens (tertiary/aromatic N) is 1. The molecule has 0 fully saturated rings. The van der Waals surface area contributed by atoms with Gasteiger partial charge in [0, 0.05) is 31.0 Å². The predicted octanol–water partition coefficient (Wildman–Crippen LogP) is 5.94. The van der Waals surface area contributed by atoms with Gasteiger partial charge in [-0.3, -0.25) is 4.79 Å². The molecule has 138 valence electrons. The topological polar surface area (TPSA) is 32.3 Å². The fraction of sp³-hybridized carbons (Fsp3) is 0.500. The predicted molar refractivity (Wildman–Crippen MR) is 110 cm³/mol. The van der Waals surface area contributed by atoms with Crippen molar-refractivity contribution >= 4 is 17.3 Å². The number of rotatable bonds is 12. The van der Waals surface area contributed by atoms with Gasteiger partial charge in [0.15, 0.2) is 0 Å². The zero-order valence-corrected chi connectivity index (χ0v) is 16.2. The highest BCUT2D eigenvalue weighted by atomic mass is 16.1. The van der Waals surface area contributed by atoms with Gasteiger partial charge in [-0.2, -0.15) is 0 Å². The zero-order chi connectivity index (χ0) is 18.5. The highest BCUT2D eigenvalue weighted by Gasteiger charge is 2.05. The Morgan fingerprint density at radius 1 is 1.00 bits per heavy atom. The molecule has 0 heterocycles. The monoisotopic (exact) mass is 342 g/mol. The molecule has 0 atom stereocenters. The normalized spacial score (nSPS) is 11.2. The van der Waals surface area contributed by atoms with Gasteiger partial charge < -0.3 is 10.2 Å². The molecule has 1 aromatic carbocycles. The van der Waals surface area contributed by atoms with Crippen molar-refractivity contribution in [1.29, 1.82) is 0 Å². The second-order valence-electron chi connectivity index (χ2n) is 6.77. The van der Waals surface area contributed by atoms with E-state index in [1.807, 2.05) is 56.3 Å². The summed E-state index contributed by atoms with van der Waals surface area (Å²) in [5.74, 6) is -0.0120. The summed E-state index contributed by atoms with van der Waals surface area (Å²) < 4.78 is 0. The van der Waals surface area contributed by atoms with Crippen molar-refractivity contribution < 1.29 is 4.79 Å². The summed E-state index contributed by atoms with van der Waals surface area (Å²) in [7, 11) is 4.00. The Morgan fingerprint density at radius 2 is 1.56 bits per heavy atom. The summed E-state index contributed by atoms with van der Waals surface area (Å²) in [6, 6.07) is 7.88. The van der Waals surface area contributed by atoms with Gasteiger partial charge in [0.05, 0.1) is 0 Å². The van der Waals surface area contributed by atoms with Gasteiger partial charge in [0.25, 0.3) is 5.91 Å². The number of allylic oxidation sites excluding steroid dienone is 2. The SMILES string of the molecule is C=CCCCCCCCC/C=C(\C)C(=O)Nc1ccc(N(C)C)cc1. The maximum absolute atomic E-state index is 12.2. The summed E-state index contributed by atoms with van der Waals surface area (Å²) in [6.45, 7) is 5.63. The molecule has 0 bridgehead atoms. The lowest BCUT2D eigenvalue weighted by molar-refractivity contribution is -0.112. The van der Waals surface area contributed by atoms with Crippen molar-refractivity contribution in [2.45, 2.75) is 58.3 Å². The number of hydrogen-bond donors (Lipinski definition) is 1. The van der Waals surface area contributed by atoms with Crippen molar-refractivity contribution in [2.24, 2.45) is 0 Å². The van der Waals surface area contributed by atoms with Crippen LogP contribution in [0.3, 0.4) is 0 Å². The number of amides is 1. The lowest BCUT2D eigenvalue weighted by atomic mass is 10.1. The van der Waals surface area contributed by atoms with Crippen molar-refractivity contribution in [1.82, 2.24) is 0 Å². The summed E-state index contributed by atoms with van der Waals surface area (Å²) in [5.41, 5.74) is 2.75. The van der Waals surface area contributed by atoms with Crippen LogP contribution in [0.4, 0.5) is 11.4 Å². The number of nitrogens with one attached hydrogen (secondary N) is 1. The van der Waals surface area contributed by atoms with Crippen LogP contribution in [0.15, 0.2) is 48.6 Å². The summed E-state index contributed by atoms with van der Waals surface area (Å²) in [5, 5.41) is 2.95. The number of carbonyl (C=O) groups is 1. The molecule has 0 aromatic heterocycles. The van der Waals surface area contributed by atoms with Gasteiger partial charge in [-0.1, -0.05) is 37.8 Å². The minimum atomic E-state index is -0.0120. The van der Waals surface area contributed by atoms with Crippen LogP contribution in [0.1, 0.15) is 58.3 Å². The molecule has 1 amide bonds. The molecule has 0 unspecified atom stereocenters. The fourth-order valence-electron chi connectivity index (χ4n) is 2.62. The number of benzene rings is 1. The highest BCUT2D eigenvalue weighted by molar-refractivity contribution is 6.03. The van der Waals surface area contributed by atoms with Crippen molar-refractivity contribution in [3.63, 3.8) is 0 Å². The van der Waals surface area contributed by atoms with E-state index in [-0.39, 0.29) is 5.91 Å². The smallest absolute Gasteiger partial charge is 0.250 e. The maximum Gasteiger partial charge on any atom is 0.250 e. The third kappa shape index (κ3) is 9.13. The highest BCUT2D eigenvalue weighted by Crippen LogP contribution is 2.16. The lowest BCUT2D eigenvalue weighted by Crippen LogP contribution is -2.13. The van der Waals surface area contributed by atoms with Gasteiger partial charge in [0.1, 0.15) is 0 Å². The largest absolute Gasteiger partial charge is 0.378 e. The molecule has 3 nitrogen and oxygen atoms in total. The Balaban J connectivity index is 2.24. The molecule has 1 aromatic rings. The third-order valence-corrected chi connectivity index (χ3v) is 4.31. The van der Waals surface area contributed by atoms with E-state index in [2.05, 4.69) is 18.0 Å². The molecule has 0 aliphatic heterocycles. The third-order valence-electron chi connectivity index (χ3n) is 4.31. The van der Waals surface area contributed by atoms with Gasteiger partial charge in [-0.05, 0) is 56.9 Å². The summed E-state index contributed by atoms with van der Waals surface area (Å²) in [6.07, 6.45) is 13.7. The molecule has 1 rings (SSSR count). The second-order valence-corrected chi connectivity index (χ2v) is 6.77. The summed E-state index contributed by atoms with van der Waals surface area (Å²) in [4.78, 5) is 14.2.